The molecule has 3 aliphatic rings. The number of nitrogens with zero attached hydrogens (tertiary/aromatic N) is 2. The number of likely N-dealkylation sites (tertiary alicyclic amines) is 1. The van der Waals surface area contributed by atoms with E-state index in [-0.39, 0.29) is 0 Å². The average molecular weight is 362 g/mol. The van der Waals surface area contributed by atoms with E-state index in [4.69, 9.17) is 0 Å². The first-order valence-corrected chi connectivity index (χ1v) is 8.66. The van der Waals surface area contributed by atoms with Gasteiger partial charge in [-0.1, -0.05) is 13.8 Å². The SMILES string of the molecule is CC(C)C1CCC2(CC1)CN(CC1CN(I)C1)C2. The standard InChI is InChI=1S/C15H27IN2/c1-12(2)14-3-5-15(6-4-14)10-17(11-15)7-13-8-18(16)9-13/h12-14H,3-11H2,1-2H3. The first kappa shape index (κ1) is 13.6. The van der Waals surface area contributed by atoms with Gasteiger partial charge in [-0.3, -0.25) is 0 Å². The molecule has 18 heavy (non-hydrogen) atoms. The first-order valence-electron chi connectivity index (χ1n) is 7.69. The van der Waals surface area contributed by atoms with Crippen molar-refractivity contribution in [3.05, 3.63) is 0 Å². The van der Waals surface area contributed by atoms with Crippen LogP contribution in [0.5, 0.6) is 0 Å². The quantitative estimate of drug-likeness (QED) is 0.561. The number of halogens is 1. The molecule has 3 heteroatoms. The van der Waals surface area contributed by atoms with Gasteiger partial charge in [-0.25, -0.2) is 3.11 Å². The molecule has 2 saturated heterocycles. The van der Waals surface area contributed by atoms with Crippen LogP contribution in [0.3, 0.4) is 0 Å². The third-order valence-electron chi connectivity index (χ3n) is 5.58. The summed E-state index contributed by atoms with van der Waals surface area (Å²) in [5, 5.41) is 0. The highest BCUT2D eigenvalue weighted by atomic mass is 127. The fraction of sp³-hybridized carbons (Fsp3) is 1.00. The first-order chi connectivity index (χ1) is 8.56. The second kappa shape index (κ2) is 5.21. The van der Waals surface area contributed by atoms with Gasteiger partial charge in [0.1, 0.15) is 0 Å². The molecule has 1 saturated carbocycles. The maximum absolute atomic E-state index is 2.73. The summed E-state index contributed by atoms with van der Waals surface area (Å²) in [7, 11) is 0. The molecule has 3 fully saturated rings. The highest BCUT2D eigenvalue weighted by Gasteiger charge is 2.46. The lowest BCUT2D eigenvalue weighted by Gasteiger charge is -2.55. The molecule has 0 atom stereocenters. The maximum Gasteiger partial charge on any atom is 0.0201 e. The van der Waals surface area contributed by atoms with Crippen LogP contribution in [0.25, 0.3) is 0 Å². The third-order valence-corrected chi connectivity index (χ3v) is 6.37. The summed E-state index contributed by atoms with van der Waals surface area (Å²) >= 11 is 2.45. The molecule has 0 amide bonds. The molecule has 0 unspecified atom stereocenters. The maximum atomic E-state index is 2.73. The van der Waals surface area contributed by atoms with Crippen molar-refractivity contribution in [2.75, 3.05) is 32.7 Å². The zero-order chi connectivity index (χ0) is 12.8. The van der Waals surface area contributed by atoms with E-state index in [1.807, 2.05) is 0 Å². The largest absolute Gasteiger partial charge is 0.302 e. The second-order valence-corrected chi connectivity index (χ2v) is 8.81. The molecular formula is C15H27IN2. The van der Waals surface area contributed by atoms with Crippen LogP contribution in [0.2, 0.25) is 0 Å². The lowest BCUT2D eigenvalue weighted by atomic mass is 9.64. The molecule has 1 aliphatic carbocycles. The van der Waals surface area contributed by atoms with Crippen molar-refractivity contribution >= 4 is 22.9 Å². The van der Waals surface area contributed by atoms with Gasteiger partial charge in [-0.05, 0) is 48.9 Å². The van der Waals surface area contributed by atoms with E-state index in [1.54, 1.807) is 0 Å². The van der Waals surface area contributed by atoms with E-state index in [1.165, 1.54) is 58.4 Å². The molecule has 2 nitrogen and oxygen atoms in total. The summed E-state index contributed by atoms with van der Waals surface area (Å²) in [6.45, 7) is 11.6. The van der Waals surface area contributed by atoms with E-state index in [2.05, 4.69) is 44.7 Å². The van der Waals surface area contributed by atoms with Crippen molar-refractivity contribution in [2.24, 2.45) is 23.2 Å². The predicted molar refractivity (Wildman–Crippen MR) is 84.8 cm³/mol. The molecule has 1 spiro atoms. The van der Waals surface area contributed by atoms with Crippen LogP contribution >= 0.6 is 22.9 Å². The summed E-state index contributed by atoms with van der Waals surface area (Å²) < 4.78 is 2.41. The summed E-state index contributed by atoms with van der Waals surface area (Å²) in [5.41, 5.74) is 0.749. The van der Waals surface area contributed by atoms with Crippen molar-refractivity contribution in [3.8, 4) is 0 Å². The summed E-state index contributed by atoms with van der Waals surface area (Å²) in [6.07, 6.45) is 6.01. The fourth-order valence-electron chi connectivity index (χ4n) is 4.25. The minimum atomic E-state index is 0.749. The van der Waals surface area contributed by atoms with Crippen LogP contribution in [-0.2, 0) is 0 Å². The minimum Gasteiger partial charge on any atom is -0.302 e. The Morgan fingerprint density at radius 3 is 2.28 bits per heavy atom. The number of hydrogen-bond acceptors (Lipinski definition) is 2. The predicted octanol–water partition coefficient (Wildman–Crippen LogP) is 3.42. The molecule has 0 aromatic heterocycles. The van der Waals surface area contributed by atoms with E-state index in [0.717, 1.165) is 23.2 Å². The van der Waals surface area contributed by atoms with E-state index >= 15 is 0 Å². The highest BCUT2D eigenvalue weighted by Crippen LogP contribution is 2.47. The molecule has 2 heterocycles. The fourth-order valence-corrected chi connectivity index (χ4v) is 5.37. The van der Waals surface area contributed by atoms with Crippen LogP contribution in [0, 0.1) is 23.2 Å². The van der Waals surface area contributed by atoms with Crippen molar-refractivity contribution in [1.82, 2.24) is 8.01 Å². The Kier molecular flexibility index (Phi) is 3.94. The smallest absolute Gasteiger partial charge is 0.0201 e. The Hall–Kier alpha value is 0.650. The molecule has 2 aliphatic heterocycles. The summed E-state index contributed by atoms with van der Waals surface area (Å²) in [5.74, 6) is 2.89. The number of hydrogen-bond donors (Lipinski definition) is 0. The van der Waals surface area contributed by atoms with E-state index in [9.17, 15) is 0 Å². The monoisotopic (exact) mass is 362 g/mol. The van der Waals surface area contributed by atoms with Gasteiger partial charge in [0.25, 0.3) is 0 Å². The molecule has 3 rings (SSSR count). The Morgan fingerprint density at radius 2 is 1.78 bits per heavy atom. The Balaban J connectivity index is 1.39. The minimum absolute atomic E-state index is 0.749. The van der Waals surface area contributed by atoms with Crippen LogP contribution in [0.4, 0.5) is 0 Å². The van der Waals surface area contributed by atoms with Gasteiger partial charge in [0, 0.05) is 55.6 Å². The number of rotatable bonds is 3. The topological polar surface area (TPSA) is 6.48 Å². The van der Waals surface area contributed by atoms with Crippen LogP contribution < -0.4 is 0 Å². The Bertz CT molecular complexity index is 283. The molecule has 0 radical (unpaired) electrons. The zero-order valence-electron chi connectivity index (χ0n) is 11.9. The van der Waals surface area contributed by atoms with Crippen LogP contribution in [-0.4, -0.2) is 40.7 Å². The summed E-state index contributed by atoms with van der Waals surface area (Å²) in [4.78, 5) is 2.73. The van der Waals surface area contributed by atoms with Gasteiger partial charge >= 0.3 is 0 Å². The molecule has 0 aromatic carbocycles. The van der Waals surface area contributed by atoms with Gasteiger partial charge in [0.05, 0.1) is 0 Å². The average Bonchev–Trinajstić information content (AvgIpc) is 2.25. The molecule has 104 valence electrons. The van der Waals surface area contributed by atoms with Crippen molar-refractivity contribution in [2.45, 2.75) is 39.5 Å². The Morgan fingerprint density at radius 1 is 1.17 bits per heavy atom. The molecule has 0 aromatic rings. The molecule has 0 N–H and O–H groups in total. The van der Waals surface area contributed by atoms with E-state index in [0.29, 0.717) is 0 Å². The third kappa shape index (κ3) is 2.73. The zero-order valence-corrected chi connectivity index (χ0v) is 14.0. The lowest BCUT2D eigenvalue weighted by Crippen LogP contribution is -2.60. The van der Waals surface area contributed by atoms with Crippen molar-refractivity contribution in [1.29, 1.82) is 0 Å². The van der Waals surface area contributed by atoms with Gasteiger partial charge < -0.3 is 4.90 Å². The van der Waals surface area contributed by atoms with Gasteiger partial charge in [0.2, 0.25) is 0 Å². The molecular weight excluding hydrogens is 335 g/mol. The second-order valence-electron chi connectivity index (χ2n) is 7.44. The normalized spacial score (nSPS) is 30.7. The van der Waals surface area contributed by atoms with Crippen LogP contribution in [0.1, 0.15) is 39.5 Å². The molecule has 0 bridgehead atoms. The van der Waals surface area contributed by atoms with Crippen molar-refractivity contribution < 1.29 is 0 Å². The van der Waals surface area contributed by atoms with Gasteiger partial charge in [-0.15, -0.1) is 0 Å². The van der Waals surface area contributed by atoms with Gasteiger partial charge in [-0.2, -0.15) is 0 Å². The Labute approximate surface area is 126 Å². The summed E-state index contributed by atoms with van der Waals surface area (Å²) in [6, 6.07) is 0. The van der Waals surface area contributed by atoms with Crippen molar-refractivity contribution in [3.63, 3.8) is 0 Å². The van der Waals surface area contributed by atoms with E-state index < -0.39 is 0 Å². The van der Waals surface area contributed by atoms with Gasteiger partial charge in [0.15, 0.2) is 0 Å². The van der Waals surface area contributed by atoms with Crippen LogP contribution in [0.15, 0.2) is 0 Å². The lowest BCUT2D eigenvalue weighted by molar-refractivity contribution is -0.0559. The highest BCUT2D eigenvalue weighted by molar-refractivity contribution is 14.1.